The van der Waals surface area contributed by atoms with Crippen molar-refractivity contribution in [1.82, 2.24) is 14.9 Å². The first-order chi connectivity index (χ1) is 18.6. The smallest absolute Gasteiger partial charge is 0.174 e. The van der Waals surface area contributed by atoms with Crippen LogP contribution in [0.25, 0.3) is 5.69 Å². The van der Waals surface area contributed by atoms with Crippen LogP contribution < -0.4 is 15.0 Å². The summed E-state index contributed by atoms with van der Waals surface area (Å²) >= 11 is 5.89. The number of rotatable bonds is 6. The number of hydrogen-bond acceptors (Lipinski definition) is 4. The third-order valence-electron chi connectivity index (χ3n) is 6.68. The van der Waals surface area contributed by atoms with Gasteiger partial charge in [-0.3, -0.25) is 4.98 Å². The Kier molecular flexibility index (Phi) is 6.27. The van der Waals surface area contributed by atoms with Gasteiger partial charge < -0.3 is 24.6 Å². The predicted molar refractivity (Wildman–Crippen MR) is 153 cm³/mol. The van der Waals surface area contributed by atoms with E-state index in [1.807, 2.05) is 91.1 Å². The van der Waals surface area contributed by atoms with Gasteiger partial charge in [-0.2, -0.15) is 0 Å². The fourth-order valence-electron chi connectivity index (χ4n) is 4.83. The van der Waals surface area contributed by atoms with Crippen molar-refractivity contribution in [1.29, 1.82) is 0 Å². The molecule has 38 heavy (non-hydrogen) atoms. The number of ether oxygens (including phenoxy) is 1. The minimum atomic E-state index is -0.176. The van der Waals surface area contributed by atoms with Gasteiger partial charge in [0.15, 0.2) is 5.11 Å². The zero-order valence-electron chi connectivity index (χ0n) is 20.7. The fraction of sp³-hybridized carbons (Fsp3) is 0.0968. The average molecular weight is 519 g/mol. The molecule has 1 saturated heterocycles. The molecule has 7 heteroatoms. The monoisotopic (exact) mass is 518 g/mol. The number of thiocarbonyl (C=S) groups is 1. The molecule has 5 aromatic rings. The number of aromatic nitrogens is 2. The molecule has 0 aliphatic carbocycles. The van der Waals surface area contributed by atoms with Crippen molar-refractivity contribution in [2.75, 3.05) is 4.90 Å². The number of benzene rings is 3. The Labute approximate surface area is 226 Å². The Bertz CT molecular complexity index is 1550. The van der Waals surface area contributed by atoms with Crippen molar-refractivity contribution < 1.29 is 9.84 Å². The molecule has 3 heterocycles. The van der Waals surface area contributed by atoms with E-state index in [0.29, 0.717) is 5.11 Å². The third-order valence-corrected chi connectivity index (χ3v) is 7.00. The molecule has 0 amide bonds. The normalized spacial score (nSPS) is 16.9. The Morgan fingerprint density at radius 3 is 2.18 bits per heavy atom. The molecule has 6 rings (SSSR count). The molecule has 2 aromatic heterocycles. The molecule has 0 saturated carbocycles. The van der Waals surface area contributed by atoms with Crippen molar-refractivity contribution in [2.24, 2.45) is 0 Å². The maximum atomic E-state index is 9.82. The number of pyridine rings is 1. The number of phenolic OH excluding ortho intramolecular Hbond substituents is 1. The molecule has 1 fully saturated rings. The molecule has 6 nitrogen and oxygen atoms in total. The number of aryl methyl sites for hydroxylation is 1. The summed E-state index contributed by atoms with van der Waals surface area (Å²) in [5.74, 6) is 1.77. The van der Waals surface area contributed by atoms with Gasteiger partial charge in [-0.1, -0.05) is 23.8 Å². The highest BCUT2D eigenvalue weighted by atomic mass is 32.1. The van der Waals surface area contributed by atoms with E-state index < -0.39 is 0 Å². The summed E-state index contributed by atoms with van der Waals surface area (Å²) in [6.45, 7) is 2.05. The van der Waals surface area contributed by atoms with Gasteiger partial charge in [-0.15, -0.1) is 0 Å². The molecule has 3 aromatic carbocycles. The van der Waals surface area contributed by atoms with Crippen LogP contribution in [-0.2, 0) is 0 Å². The molecule has 2 N–H and O–H groups in total. The summed E-state index contributed by atoms with van der Waals surface area (Å²) in [7, 11) is 0. The van der Waals surface area contributed by atoms with Crippen LogP contribution in [0.15, 0.2) is 116 Å². The molecule has 2 unspecified atom stereocenters. The molecular formula is C31H26N4O2S. The maximum Gasteiger partial charge on any atom is 0.174 e. The average Bonchev–Trinajstić information content (AvgIpc) is 3.56. The Morgan fingerprint density at radius 2 is 1.50 bits per heavy atom. The largest absolute Gasteiger partial charge is 0.508 e. The molecule has 0 bridgehead atoms. The Balaban J connectivity index is 1.38. The molecule has 0 spiro atoms. The van der Waals surface area contributed by atoms with Crippen molar-refractivity contribution in [3.63, 3.8) is 0 Å². The third kappa shape index (κ3) is 4.60. The highest BCUT2D eigenvalue weighted by molar-refractivity contribution is 7.80. The molecule has 0 radical (unpaired) electrons. The van der Waals surface area contributed by atoms with E-state index in [9.17, 15) is 5.11 Å². The number of aromatic hydroxyl groups is 1. The number of phenols is 1. The summed E-state index contributed by atoms with van der Waals surface area (Å²) < 4.78 is 8.17. The second-order valence-electron chi connectivity index (χ2n) is 9.23. The fourth-order valence-corrected chi connectivity index (χ4v) is 5.18. The quantitative estimate of drug-likeness (QED) is 0.240. The van der Waals surface area contributed by atoms with Gasteiger partial charge >= 0.3 is 0 Å². The SMILES string of the molecule is Cc1ccc(Oc2ccc(N3C(=S)NC(c4ccccn4)C3c3cccn3-c3ccc(O)cc3)cc2)cc1. The van der Waals surface area contributed by atoms with Gasteiger partial charge in [-0.25, -0.2) is 0 Å². The number of anilines is 1. The maximum absolute atomic E-state index is 9.82. The van der Waals surface area contributed by atoms with Gasteiger partial charge in [0, 0.05) is 29.5 Å². The zero-order valence-corrected chi connectivity index (χ0v) is 21.5. The summed E-state index contributed by atoms with van der Waals surface area (Å²) in [6.07, 6.45) is 3.82. The number of nitrogens with one attached hydrogen (secondary N) is 1. The van der Waals surface area contributed by atoms with Crippen LogP contribution in [0.5, 0.6) is 17.2 Å². The Hall–Kier alpha value is -4.62. The van der Waals surface area contributed by atoms with E-state index in [-0.39, 0.29) is 17.8 Å². The first-order valence-electron chi connectivity index (χ1n) is 12.4. The lowest BCUT2D eigenvalue weighted by atomic mass is 10.0. The van der Waals surface area contributed by atoms with Crippen LogP contribution in [0, 0.1) is 6.92 Å². The van der Waals surface area contributed by atoms with E-state index in [4.69, 9.17) is 17.0 Å². The molecular weight excluding hydrogens is 492 g/mol. The van der Waals surface area contributed by atoms with Gasteiger partial charge in [-0.05, 0) is 104 Å². The topological polar surface area (TPSA) is 62.5 Å². The highest BCUT2D eigenvalue weighted by Gasteiger charge is 2.42. The lowest BCUT2D eigenvalue weighted by molar-refractivity contribution is 0.475. The lowest BCUT2D eigenvalue weighted by Crippen LogP contribution is -2.30. The van der Waals surface area contributed by atoms with Crippen molar-refractivity contribution in [3.05, 3.63) is 132 Å². The van der Waals surface area contributed by atoms with E-state index in [1.54, 1.807) is 18.3 Å². The Morgan fingerprint density at radius 1 is 0.816 bits per heavy atom. The zero-order chi connectivity index (χ0) is 26.1. The minimum absolute atomic E-state index is 0.169. The van der Waals surface area contributed by atoms with Crippen LogP contribution in [0.2, 0.25) is 0 Å². The number of hydrogen-bond donors (Lipinski definition) is 2. The van der Waals surface area contributed by atoms with Gasteiger partial charge in [0.1, 0.15) is 23.3 Å². The van der Waals surface area contributed by atoms with E-state index in [0.717, 1.165) is 34.3 Å². The van der Waals surface area contributed by atoms with Crippen molar-refractivity contribution >= 4 is 23.0 Å². The molecule has 188 valence electrons. The summed E-state index contributed by atoms with van der Waals surface area (Å²) in [6, 6.07) is 32.9. The van der Waals surface area contributed by atoms with Crippen molar-refractivity contribution in [3.8, 4) is 22.9 Å². The van der Waals surface area contributed by atoms with Crippen LogP contribution in [0.3, 0.4) is 0 Å². The highest BCUT2D eigenvalue weighted by Crippen LogP contribution is 2.42. The number of nitrogens with zero attached hydrogens (tertiary/aromatic N) is 3. The second-order valence-corrected chi connectivity index (χ2v) is 9.61. The van der Waals surface area contributed by atoms with Crippen LogP contribution in [-0.4, -0.2) is 19.8 Å². The van der Waals surface area contributed by atoms with Crippen molar-refractivity contribution in [2.45, 2.75) is 19.0 Å². The van der Waals surface area contributed by atoms with E-state index in [2.05, 4.69) is 32.8 Å². The van der Waals surface area contributed by atoms with Gasteiger partial charge in [0.2, 0.25) is 0 Å². The van der Waals surface area contributed by atoms with Crippen LogP contribution >= 0.6 is 12.2 Å². The van der Waals surface area contributed by atoms with E-state index in [1.165, 1.54) is 5.56 Å². The van der Waals surface area contributed by atoms with Gasteiger partial charge in [0.05, 0.1) is 11.7 Å². The van der Waals surface area contributed by atoms with Crippen LogP contribution in [0.4, 0.5) is 5.69 Å². The summed E-state index contributed by atoms with van der Waals surface area (Å²) in [5, 5.41) is 14.0. The summed E-state index contributed by atoms with van der Waals surface area (Å²) in [4.78, 5) is 6.79. The standard InChI is InChI=1S/C31H26N4O2S/c1-21-7-15-25(16-8-21)37-26-17-11-23(12-18-26)35-30(29(33-31(35)38)27-5-2-3-19-32-27)28-6-4-20-34(28)22-9-13-24(36)14-10-22/h2-20,29-30,36H,1H3,(H,33,38). The predicted octanol–water partition coefficient (Wildman–Crippen LogP) is 6.86. The first kappa shape index (κ1) is 23.8. The molecule has 1 aliphatic heterocycles. The van der Waals surface area contributed by atoms with Gasteiger partial charge in [0.25, 0.3) is 0 Å². The summed E-state index contributed by atoms with van der Waals surface area (Å²) in [5.41, 5.74) is 5.02. The molecule has 1 aliphatic rings. The van der Waals surface area contributed by atoms with E-state index >= 15 is 0 Å². The van der Waals surface area contributed by atoms with Crippen LogP contribution in [0.1, 0.15) is 29.0 Å². The lowest BCUT2D eigenvalue weighted by Gasteiger charge is -2.29. The molecule has 2 atom stereocenters. The second kappa shape index (κ2) is 10.0. The minimum Gasteiger partial charge on any atom is -0.508 e. The first-order valence-corrected chi connectivity index (χ1v) is 12.8.